The third-order valence-electron chi connectivity index (χ3n) is 3.72. The number of sulfonamides is 1. The van der Waals surface area contributed by atoms with Gasteiger partial charge in [0.15, 0.2) is 0 Å². The van der Waals surface area contributed by atoms with Crippen LogP contribution in [0.2, 0.25) is 0 Å². The summed E-state index contributed by atoms with van der Waals surface area (Å²) in [7, 11) is -3.56. The number of anilines is 1. The minimum atomic E-state index is -3.56. The predicted octanol–water partition coefficient (Wildman–Crippen LogP) is 2.15. The highest BCUT2D eigenvalue weighted by Crippen LogP contribution is 2.22. The molecule has 0 fully saturated rings. The first-order chi connectivity index (χ1) is 12.5. The Morgan fingerprint density at radius 3 is 2.62 bits per heavy atom. The predicted molar refractivity (Wildman–Crippen MR) is 99.0 cm³/mol. The van der Waals surface area contributed by atoms with Gasteiger partial charge in [-0.25, -0.2) is 8.42 Å². The molecule has 2 aromatic carbocycles. The number of carbonyl (C=O) groups is 1. The maximum atomic E-state index is 12.0. The molecule has 2 N–H and O–H groups in total. The molecule has 0 aliphatic carbocycles. The van der Waals surface area contributed by atoms with E-state index in [1.165, 1.54) is 6.07 Å². The van der Waals surface area contributed by atoms with Gasteiger partial charge < -0.3 is 10.1 Å². The number of hydrogen-bond acceptors (Lipinski definition) is 5. The molecule has 0 bridgehead atoms. The first kappa shape index (κ1) is 17.9. The lowest BCUT2D eigenvalue weighted by Gasteiger charge is -2.06. The van der Waals surface area contributed by atoms with Crippen LogP contribution in [0.15, 0.2) is 58.4 Å². The van der Waals surface area contributed by atoms with Gasteiger partial charge in [0.05, 0.1) is 18.0 Å². The van der Waals surface area contributed by atoms with E-state index in [2.05, 4.69) is 15.0 Å². The lowest BCUT2D eigenvalue weighted by atomic mass is 10.2. The summed E-state index contributed by atoms with van der Waals surface area (Å²) < 4.78 is 31.7. The van der Waals surface area contributed by atoms with Crippen LogP contribution in [-0.4, -0.2) is 33.3 Å². The van der Waals surface area contributed by atoms with E-state index in [1.54, 1.807) is 42.5 Å². The number of fused-ring (bicyclic) bond motifs is 1. The van der Waals surface area contributed by atoms with Crippen molar-refractivity contribution >= 4 is 27.5 Å². The summed E-state index contributed by atoms with van der Waals surface area (Å²) in [5.41, 5.74) is 1.19. The topological polar surface area (TPSA) is 96.9 Å². The maximum Gasteiger partial charge on any atom is 0.263 e. The molecule has 1 amide bonds. The normalized spacial score (nSPS) is 16.0. The number of carbonyl (C=O) groups excluding carboxylic acids is 1. The number of nitrogens with one attached hydrogen (secondary N) is 2. The molecule has 1 heterocycles. The van der Waals surface area contributed by atoms with Crippen molar-refractivity contribution in [3.63, 3.8) is 0 Å². The second-order valence-electron chi connectivity index (χ2n) is 5.59. The zero-order valence-electron chi connectivity index (χ0n) is 14.2. The highest BCUT2D eigenvalue weighted by Gasteiger charge is 2.29. The van der Waals surface area contributed by atoms with Crippen molar-refractivity contribution in [2.24, 2.45) is 4.99 Å². The van der Waals surface area contributed by atoms with Crippen molar-refractivity contribution in [3.8, 4) is 5.75 Å². The lowest BCUT2D eigenvalue weighted by Crippen LogP contribution is -2.23. The second-order valence-corrected chi connectivity index (χ2v) is 7.24. The van der Waals surface area contributed by atoms with E-state index in [9.17, 15) is 13.2 Å². The van der Waals surface area contributed by atoms with Crippen LogP contribution in [0.3, 0.4) is 0 Å². The molecule has 0 unspecified atom stereocenters. The summed E-state index contributed by atoms with van der Waals surface area (Å²) in [5.74, 6) is 0.811. The molecule has 26 heavy (non-hydrogen) atoms. The van der Waals surface area contributed by atoms with Crippen molar-refractivity contribution in [1.82, 2.24) is 4.72 Å². The second kappa shape index (κ2) is 7.57. The summed E-state index contributed by atoms with van der Waals surface area (Å²) in [6.45, 7) is 2.66. The maximum absolute atomic E-state index is 12.0. The Hall–Kier alpha value is -2.87. The van der Waals surface area contributed by atoms with Gasteiger partial charge in [0.2, 0.25) is 5.91 Å². The van der Waals surface area contributed by atoms with Crippen LogP contribution in [0.25, 0.3) is 0 Å². The molecule has 0 saturated carbocycles. The third-order valence-corrected chi connectivity index (χ3v) is 5.12. The average molecular weight is 373 g/mol. The van der Waals surface area contributed by atoms with E-state index >= 15 is 0 Å². The monoisotopic (exact) mass is 373 g/mol. The van der Waals surface area contributed by atoms with Gasteiger partial charge in [-0.1, -0.05) is 12.1 Å². The summed E-state index contributed by atoms with van der Waals surface area (Å²) in [4.78, 5) is 16.5. The number of hydrogen-bond donors (Lipinski definition) is 2. The fourth-order valence-electron chi connectivity index (χ4n) is 2.55. The van der Waals surface area contributed by atoms with Gasteiger partial charge in [-0.3, -0.25) is 14.5 Å². The van der Waals surface area contributed by atoms with E-state index in [-0.39, 0.29) is 29.6 Å². The van der Waals surface area contributed by atoms with Crippen molar-refractivity contribution in [2.75, 3.05) is 18.5 Å². The number of aliphatic imine (C=N–C) groups is 1. The van der Waals surface area contributed by atoms with Gasteiger partial charge in [0.25, 0.3) is 10.0 Å². The molecule has 8 heteroatoms. The van der Waals surface area contributed by atoms with Crippen LogP contribution in [0.5, 0.6) is 5.75 Å². The lowest BCUT2D eigenvalue weighted by molar-refractivity contribution is -0.116. The molecular weight excluding hydrogens is 354 g/mol. The van der Waals surface area contributed by atoms with Gasteiger partial charge in [0.1, 0.15) is 11.6 Å². The Bertz CT molecular complexity index is 937. The summed E-state index contributed by atoms with van der Waals surface area (Å²) >= 11 is 0. The third kappa shape index (κ3) is 4.02. The highest BCUT2D eigenvalue weighted by molar-refractivity contribution is 7.90. The fourth-order valence-corrected chi connectivity index (χ4v) is 3.80. The van der Waals surface area contributed by atoms with E-state index < -0.39 is 10.0 Å². The molecule has 2 aromatic rings. The van der Waals surface area contributed by atoms with Crippen molar-refractivity contribution in [3.05, 3.63) is 54.1 Å². The Kier molecular flexibility index (Phi) is 5.22. The largest absolute Gasteiger partial charge is 0.494 e. The Labute approximate surface area is 152 Å². The van der Waals surface area contributed by atoms with E-state index in [0.29, 0.717) is 17.9 Å². The zero-order valence-corrected chi connectivity index (χ0v) is 15.0. The van der Waals surface area contributed by atoms with Gasteiger partial charge >= 0.3 is 0 Å². The molecule has 0 saturated heterocycles. The number of benzene rings is 2. The Balaban J connectivity index is 1.58. The molecule has 1 aliphatic rings. The zero-order chi connectivity index (χ0) is 18.6. The number of ether oxygens (including phenoxy) is 1. The first-order valence-corrected chi connectivity index (χ1v) is 9.67. The van der Waals surface area contributed by atoms with Gasteiger partial charge in [-0.15, -0.1) is 0 Å². The molecule has 3 rings (SSSR count). The van der Waals surface area contributed by atoms with E-state index in [0.717, 1.165) is 5.75 Å². The van der Waals surface area contributed by atoms with Crippen LogP contribution in [0.4, 0.5) is 5.69 Å². The molecule has 136 valence electrons. The average Bonchev–Trinajstić information content (AvgIpc) is 2.88. The van der Waals surface area contributed by atoms with Crippen LogP contribution in [-0.2, 0) is 14.8 Å². The minimum Gasteiger partial charge on any atom is -0.494 e. The molecule has 1 aliphatic heterocycles. The fraction of sp³-hybridized carbons (Fsp3) is 0.222. The highest BCUT2D eigenvalue weighted by atomic mass is 32.2. The van der Waals surface area contributed by atoms with Crippen molar-refractivity contribution in [2.45, 2.75) is 18.2 Å². The molecule has 0 atom stereocenters. The number of amides is 1. The quantitative estimate of drug-likeness (QED) is 0.811. The van der Waals surface area contributed by atoms with Crippen LogP contribution in [0, 0.1) is 0 Å². The minimum absolute atomic E-state index is 0.139. The van der Waals surface area contributed by atoms with Crippen molar-refractivity contribution < 1.29 is 17.9 Å². The van der Waals surface area contributed by atoms with E-state index in [1.807, 2.05) is 6.92 Å². The van der Waals surface area contributed by atoms with Crippen LogP contribution >= 0.6 is 0 Å². The van der Waals surface area contributed by atoms with Gasteiger partial charge in [0, 0.05) is 17.7 Å². The Morgan fingerprint density at radius 1 is 1.15 bits per heavy atom. The molecule has 7 nitrogen and oxygen atoms in total. The molecule has 0 spiro atoms. The first-order valence-electron chi connectivity index (χ1n) is 8.19. The van der Waals surface area contributed by atoms with E-state index in [4.69, 9.17) is 4.74 Å². The molecular formula is C18H19N3O4S. The number of nitrogens with zero attached hydrogens (tertiary/aromatic N) is 1. The number of amidine groups is 1. The van der Waals surface area contributed by atoms with Crippen LogP contribution < -0.4 is 14.8 Å². The smallest absolute Gasteiger partial charge is 0.263 e. The van der Waals surface area contributed by atoms with Crippen LogP contribution in [0.1, 0.15) is 18.9 Å². The SMILES string of the molecule is CCOc1ccc(NC(=O)CCN=C2NS(=O)(=O)c3ccccc32)cc1. The van der Waals surface area contributed by atoms with Crippen molar-refractivity contribution in [1.29, 1.82) is 0 Å². The summed E-state index contributed by atoms with van der Waals surface area (Å²) in [5, 5.41) is 2.77. The standard InChI is InChI=1S/C18H19N3O4S/c1-2-25-14-9-7-13(8-10-14)20-17(22)11-12-19-18-15-5-3-4-6-16(15)26(23,24)21-18/h3-10H,2,11-12H2,1H3,(H,19,21)(H,20,22). The van der Waals surface area contributed by atoms with Gasteiger partial charge in [-0.2, -0.15) is 0 Å². The molecule has 0 aromatic heterocycles. The van der Waals surface area contributed by atoms with Gasteiger partial charge in [-0.05, 0) is 43.3 Å². The number of rotatable bonds is 6. The summed E-state index contributed by atoms with van der Waals surface area (Å²) in [6.07, 6.45) is 0.139. The summed E-state index contributed by atoms with van der Waals surface area (Å²) in [6, 6.07) is 13.7. The Morgan fingerprint density at radius 2 is 1.88 bits per heavy atom. The molecule has 0 radical (unpaired) electrons.